The molecule has 1 heterocycles. The van der Waals surface area contributed by atoms with Crippen molar-refractivity contribution in [3.63, 3.8) is 0 Å². The van der Waals surface area contributed by atoms with Gasteiger partial charge in [-0.25, -0.2) is 0 Å². The first kappa shape index (κ1) is 33.0. The summed E-state index contributed by atoms with van der Waals surface area (Å²) in [6, 6.07) is 11.0. The number of carbonyl (C=O) groups excluding carboxylic acids is 2. The van der Waals surface area contributed by atoms with E-state index in [1.165, 1.54) is 18.7 Å². The third-order valence-electron chi connectivity index (χ3n) is 6.54. The first-order valence-electron chi connectivity index (χ1n) is 13.2. The zero-order valence-electron chi connectivity index (χ0n) is 23.6. The van der Waals surface area contributed by atoms with Crippen molar-refractivity contribution in [2.75, 3.05) is 13.1 Å². The molecule has 0 atom stereocenters. The molecule has 0 unspecified atom stereocenters. The normalized spacial score (nSPS) is 12.2. The van der Waals surface area contributed by atoms with Crippen LogP contribution in [0.5, 0.6) is 0 Å². The third kappa shape index (κ3) is 8.53. The Bertz CT molecular complexity index is 1370. The quantitative estimate of drug-likeness (QED) is 0.219. The van der Waals surface area contributed by atoms with Gasteiger partial charge in [-0.15, -0.1) is 0 Å². The molecule has 0 aliphatic heterocycles. The van der Waals surface area contributed by atoms with E-state index in [0.717, 1.165) is 16.2 Å². The molecule has 1 aromatic heterocycles. The van der Waals surface area contributed by atoms with Crippen LogP contribution in [0.3, 0.4) is 0 Å². The van der Waals surface area contributed by atoms with E-state index in [1.54, 1.807) is 6.07 Å². The number of hydrogen-bond acceptors (Lipinski definition) is 2. The van der Waals surface area contributed by atoms with Gasteiger partial charge in [0.2, 0.25) is 5.91 Å². The number of halogens is 7. The highest BCUT2D eigenvalue weighted by Crippen LogP contribution is 2.36. The van der Waals surface area contributed by atoms with E-state index in [0.29, 0.717) is 30.2 Å². The van der Waals surface area contributed by atoms with Crippen LogP contribution in [-0.2, 0) is 30.2 Å². The smallest absolute Gasteiger partial charge is 0.345 e. The fourth-order valence-electron chi connectivity index (χ4n) is 4.43. The number of nitrogens with zero attached hydrogens (tertiary/aromatic N) is 3. The Morgan fingerprint density at radius 1 is 0.881 bits per heavy atom. The zero-order chi connectivity index (χ0) is 31.4. The summed E-state index contributed by atoms with van der Waals surface area (Å²) >= 11 is 6.31. The van der Waals surface area contributed by atoms with Gasteiger partial charge in [-0.05, 0) is 61.7 Å². The van der Waals surface area contributed by atoms with Crippen molar-refractivity contribution in [3.8, 4) is 0 Å². The van der Waals surface area contributed by atoms with Gasteiger partial charge < -0.3 is 14.4 Å². The molecule has 0 aliphatic rings. The summed E-state index contributed by atoms with van der Waals surface area (Å²) in [6.45, 7) is 7.24. The summed E-state index contributed by atoms with van der Waals surface area (Å²) in [5.41, 5.74) is -2.36. The van der Waals surface area contributed by atoms with Crippen LogP contribution in [0.4, 0.5) is 26.3 Å². The van der Waals surface area contributed by atoms with Crippen molar-refractivity contribution < 1.29 is 35.9 Å². The van der Waals surface area contributed by atoms with Crippen molar-refractivity contribution in [3.05, 3.63) is 93.8 Å². The lowest BCUT2D eigenvalue weighted by molar-refractivity contribution is -0.143. The van der Waals surface area contributed by atoms with Gasteiger partial charge in [0.15, 0.2) is 0 Å². The van der Waals surface area contributed by atoms with Crippen LogP contribution >= 0.6 is 11.6 Å². The summed E-state index contributed by atoms with van der Waals surface area (Å²) in [6.07, 6.45) is -8.38. The fourth-order valence-corrected chi connectivity index (χ4v) is 4.62. The fraction of sp³-hybridized carbons (Fsp3) is 0.400. The average Bonchev–Trinajstić information content (AvgIpc) is 3.32. The maximum absolute atomic E-state index is 13.6. The molecule has 42 heavy (non-hydrogen) atoms. The van der Waals surface area contributed by atoms with E-state index < -0.39 is 53.4 Å². The summed E-state index contributed by atoms with van der Waals surface area (Å²) in [5, 5.41) is 0.585. The number of rotatable bonds is 10. The van der Waals surface area contributed by atoms with Gasteiger partial charge in [0.05, 0.1) is 17.7 Å². The molecule has 0 fully saturated rings. The van der Waals surface area contributed by atoms with E-state index in [-0.39, 0.29) is 18.5 Å². The molecule has 12 heteroatoms. The highest BCUT2D eigenvalue weighted by atomic mass is 35.5. The standard InChI is InChI=1S/C30H32ClF6N3O2/c1-19(2)15-39(17-25-9-7-11-38(25)16-21-8-5-6-10-26(21)31)27(41)18-40(20(3)4)28(42)22-12-23(29(32,33)34)14-24(13-22)30(35,36)37/h5-14,19-20H,15-18H2,1-4H3. The Morgan fingerprint density at radius 3 is 2.00 bits per heavy atom. The summed E-state index contributed by atoms with van der Waals surface area (Å²) in [5.74, 6) is -1.58. The molecule has 0 N–H and O–H groups in total. The number of carbonyl (C=O) groups is 2. The van der Waals surface area contributed by atoms with Crippen LogP contribution in [0.1, 0.15) is 60.4 Å². The van der Waals surface area contributed by atoms with Gasteiger partial charge in [0, 0.05) is 41.6 Å². The van der Waals surface area contributed by atoms with Crippen LogP contribution < -0.4 is 0 Å². The number of amides is 2. The lowest BCUT2D eigenvalue weighted by Crippen LogP contribution is -2.46. The van der Waals surface area contributed by atoms with E-state index in [2.05, 4.69) is 0 Å². The number of benzene rings is 2. The van der Waals surface area contributed by atoms with E-state index >= 15 is 0 Å². The Morgan fingerprint density at radius 2 is 1.48 bits per heavy atom. The van der Waals surface area contributed by atoms with Crippen molar-refractivity contribution in [1.82, 2.24) is 14.4 Å². The molecule has 2 aromatic carbocycles. The second-order valence-electron chi connectivity index (χ2n) is 10.7. The maximum atomic E-state index is 13.6. The monoisotopic (exact) mass is 615 g/mol. The molecular weight excluding hydrogens is 584 g/mol. The molecule has 0 saturated heterocycles. The molecule has 0 spiro atoms. The SMILES string of the molecule is CC(C)CN(Cc1cccn1Cc1ccccc1Cl)C(=O)CN(C(=O)c1cc(C(F)(F)F)cc(C(F)(F)F)c1)C(C)C. The molecule has 5 nitrogen and oxygen atoms in total. The number of aromatic nitrogens is 1. The Kier molecular flexibility index (Phi) is 10.4. The predicted molar refractivity (Wildman–Crippen MR) is 148 cm³/mol. The van der Waals surface area contributed by atoms with Crippen LogP contribution in [0.15, 0.2) is 60.8 Å². The molecule has 0 saturated carbocycles. The van der Waals surface area contributed by atoms with Gasteiger partial charge in [-0.2, -0.15) is 26.3 Å². The minimum atomic E-state index is -5.11. The van der Waals surface area contributed by atoms with Gasteiger partial charge >= 0.3 is 12.4 Å². The van der Waals surface area contributed by atoms with Gasteiger partial charge in [-0.3, -0.25) is 9.59 Å². The third-order valence-corrected chi connectivity index (χ3v) is 6.91. The first-order valence-corrected chi connectivity index (χ1v) is 13.6. The molecule has 3 rings (SSSR count). The molecular formula is C30H32ClF6N3O2. The van der Waals surface area contributed by atoms with Crippen molar-refractivity contribution >= 4 is 23.4 Å². The van der Waals surface area contributed by atoms with Crippen molar-refractivity contribution in [2.45, 2.75) is 59.2 Å². The van der Waals surface area contributed by atoms with Crippen LogP contribution in [0, 0.1) is 5.92 Å². The van der Waals surface area contributed by atoms with Crippen LogP contribution in [0.25, 0.3) is 0 Å². The second-order valence-corrected chi connectivity index (χ2v) is 11.1. The molecule has 0 bridgehead atoms. The Hall–Kier alpha value is -3.47. The number of hydrogen-bond donors (Lipinski definition) is 0. The van der Waals surface area contributed by atoms with E-state index in [4.69, 9.17) is 11.6 Å². The topological polar surface area (TPSA) is 45.6 Å². The lowest BCUT2D eigenvalue weighted by atomic mass is 10.0. The van der Waals surface area contributed by atoms with Gasteiger partial charge in [-0.1, -0.05) is 43.6 Å². The summed E-state index contributed by atoms with van der Waals surface area (Å²) in [7, 11) is 0. The molecule has 2 amide bonds. The van der Waals surface area contributed by atoms with E-state index in [1.807, 2.05) is 54.9 Å². The second kappa shape index (κ2) is 13.2. The highest BCUT2D eigenvalue weighted by molar-refractivity contribution is 6.31. The minimum Gasteiger partial charge on any atom is -0.345 e. The average molecular weight is 616 g/mol. The molecule has 3 aromatic rings. The Labute approximate surface area is 245 Å². The zero-order valence-corrected chi connectivity index (χ0v) is 24.3. The highest BCUT2D eigenvalue weighted by Gasteiger charge is 2.38. The van der Waals surface area contributed by atoms with Gasteiger partial charge in [0.1, 0.15) is 6.54 Å². The van der Waals surface area contributed by atoms with Crippen LogP contribution in [0.2, 0.25) is 5.02 Å². The lowest BCUT2D eigenvalue weighted by Gasteiger charge is -2.31. The molecule has 0 aliphatic carbocycles. The van der Waals surface area contributed by atoms with Gasteiger partial charge in [0.25, 0.3) is 5.91 Å². The molecule has 228 valence electrons. The summed E-state index contributed by atoms with van der Waals surface area (Å²) in [4.78, 5) is 29.4. The number of alkyl halides is 6. The maximum Gasteiger partial charge on any atom is 0.416 e. The Balaban J connectivity index is 1.89. The van der Waals surface area contributed by atoms with Crippen LogP contribution in [-0.4, -0.2) is 45.3 Å². The first-order chi connectivity index (χ1) is 19.5. The molecule has 0 radical (unpaired) electrons. The summed E-state index contributed by atoms with van der Waals surface area (Å²) < 4.78 is 82.4. The largest absolute Gasteiger partial charge is 0.416 e. The van der Waals surface area contributed by atoms with Crippen molar-refractivity contribution in [2.24, 2.45) is 5.92 Å². The van der Waals surface area contributed by atoms with E-state index in [9.17, 15) is 35.9 Å². The van der Waals surface area contributed by atoms with Crippen molar-refractivity contribution in [1.29, 1.82) is 0 Å². The predicted octanol–water partition coefficient (Wildman–Crippen LogP) is 7.76. The minimum absolute atomic E-state index is 0.0296.